The Bertz CT molecular complexity index is 266. The zero-order valence-electron chi connectivity index (χ0n) is 7.03. The van der Waals surface area contributed by atoms with Gasteiger partial charge in [-0.15, -0.1) is 0 Å². The first-order valence-corrected chi connectivity index (χ1v) is 6.93. The van der Waals surface area contributed by atoms with Crippen molar-refractivity contribution in [1.82, 2.24) is 0 Å². The van der Waals surface area contributed by atoms with Gasteiger partial charge in [0.25, 0.3) is 0 Å². The van der Waals surface area contributed by atoms with Gasteiger partial charge in [0.05, 0.1) is 0 Å². The van der Waals surface area contributed by atoms with E-state index in [0.29, 0.717) is 15.0 Å². The number of hydrogen-bond acceptors (Lipinski definition) is 1. The van der Waals surface area contributed by atoms with Gasteiger partial charge < -0.3 is 0 Å². The average molecular weight is 292 g/mol. The van der Waals surface area contributed by atoms with Crippen molar-refractivity contribution in [2.24, 2.45) is 0 Å². The van der Waals surface area contributed by atoms with E-state index in [-0.39, 0.29) is 0 Å². The van der Waals surface area contributed by atoms with E-state index in [1.54, 1.807) is 7.11 Å². The molecule has 0 amide bonds. The SMILES string of the molecule is COc1ccc(C(=[Se])[Se]C)cc1. The van der Waals surface area contributed by atoms with Crippen LogP contribution in [0.5, 0.6) is 5.75 Å². The molecule has 1 aromatic rings. The van der Waals surface area contributed by atoms with Crippen LogP contribution >= 0.6 is 0 Å². The molecule has 0 aliphatic rings. The monoisotopic (exact) mass is 294 g/mol. The van der Waals surface area contributed by atoms with Crippen LogP contribution < -0.4 is 4.74 Å². The number of ether oxygens (including phenoxy) is 1. The van der Waals surface area contributed by atoms with Crippen LogP contribution in [0, 0.1) is 0 Å². The zero-order chi connectivity index (χ0) is 8.97. The Balaban J connectivity index is 2.84. The van der Waals surface area contributed by atoms with E-state index < -0.39 is 0 Å². The number of rotatable bonds is 3. The van der Waals surface area contributed by atoms with Crippen LogP contribution in [-0.2, 0) is 0 Å². The first kappa shape index (κ1) is 10.0. The van der Waals surface area contributed by atoms with Gasteiger partial charge >= 0.3 is 87.1 Å². The summed E-state index contributed by atoms with van der Waals surface area (Å²) in [5.41, 5.74) is 1.28. The van der Waals surface area contributed by atoms with Crippen LogP contribution in [0.2, 0.25) is 5.82 Å². The minimum atomic E-state index is 0.550. The summed E-state index contributed by atoms with van der Waals surface area (Å²) in [5, 5.41) is 0. The van der Waals surface area contributed by atoms with E-state index in [9.17, 15) is 0 Å². The molecule has 0 fully saturated rings. The molecule has 0 aromatic heterocycles. The van der Waals surface area contributed by atoms with Crippen molar-refractivity contribution in [3.05, 3.63) is 29.8 Å². The van der Waals surface area contributed by atoms with Gasteiger partial charge in [0.1, 0.15) is 0 Å². The predicted octanol–water partition coefficient (Wildman–Crippen LogP) is 1.09. The number of hydrogen-bond donors (Lipinski definition) is 0. The summed E-state index contributed by atoms with van der Waals surface area (Å²) >= 11 is 3.63. The van der Waals surface area contributed by atoms with Crippen molar-refractivity contribution >= 4 is 33.8 Å². The van der Waals surface area contributed by atoms with Crippen LogP contribution in [0.4, 0.5) is 0 Å². The van der Waals surface area contributed by atoms with Crippen LogP contribution in [0.15, 0.2) is 24.3 Å². The van der Waals surface area contributed by atoms with Crippen LogP contribution in [0.25, 0.3) is 0 Å². The van der Waals surface area contributed by atoms with Crippen molar-refractivity contribution in [2.45, 2.75) is 5.82 Å². The van der Waals surface area contributed by atoms with Crippen LogP contribution in [0.1, 0.15) is 5.56 Å². The van der Waals surface area contributed by atoms with Crippen molar-refractivity contribution in [2.75, 3.05) is 7.11 Å². The zero-order valence-corrected chi connectivity index (χ0v) is 10.5. The van der Waals surface area contributed by atoms with E-state index in [2.05, 4.69) is 33.5 Å². The first-order chi connectivity index (χ1) is 5.77. The normalized spacial score (nSPS) is 9.50. The Hall–Kier alpha value is -0.0710. The molecular formula is C9H10OSe2. The standard InChI is InChI=1S/C9H10OSe2/c1-10-8-5-3-7(4-6-8)9(11)12-2/h3-6H,1-2H3. The molecule has 0 aliphatic heterocycles. The second-order valence-corrected chi connectivity index (χ2v) is 6.10. The summed E-state index contributed by atoms with van der Waals surface area (Å²) in [6.45, 7) is 0. The molecule has 1 aromatic carbocycles. The predicted molar refractivity (Wildman–Crippen MR) is 54.5 cm³/mol. The van der Waals surface area contributed by atoms with Gasteiger partial charge in [-0.3, -0.25) is 0 Å². The maximum absolute atomic E-state index is 5.07. The van der Waals surface area contributed by atoms with E-state index in [4.69, 9.17) is 4.74 Å². The molecule has 0 radical (unpaired) electrons. The fraction of sp³-hybridized carbons (Fsp3) is 0.222. The number of benzene rings is 1. The van der Waals surface area contributed by atoms with Gasteiger partial charge in [-0.25, -0.2) is 0 Å². The van der Waals surface area contributed by atoms with Crippen molar-refractivity contribution in [1.29, 1.82) is 0 Å². The first-order valence-electron chi connectivity index (χ1n) is 3.50. The topological polar surface area (TPSA) is 9.23 Å². The molecule has 0 spiro atoms. The Kier molecular flexibility index (Phi) is 4.03. The van der Waals surface area contributed by atoms with Gasteiger partial charge in [-0.1, -0.05) is 0 Å². The minimum absolute atomic E-state index is 0.550. The average Bonchev–Trinajstić information content (AvgIpc) is 2.17. The fourth-order valence-corrected chi connectivity index (χ4v) is 1.91. The summed E-state index contributed by atoms with van der Waals surface area (Å²) in [5.74, 6) is 3.11. The molecule has 0 saturated carbocycles. The molecule has 0 unspecified atom stereocenters. The molecule has 64 valence electrons. The van der Waals surface area contributed by atoms with E-state index in [1.165, 1.54) is 8.88 Å². The van der Waals surface area contributed by atoms with Crippen LogP contribution in [-0.4, -0.2) is 41.0 Å². The summed E-state index contributed by atoms with van der Waals surface area (Å²) in [4.78, 5) is 0. The van der Waals surface area contributed by atoms with E-state index in [1.807, 2.05) is 12.1 Å². The Morgan fingerprint density at radius 3 is 2.33 bits per heavy atom. The van der Waals surface area contributed by atoms with Gasteiger partial charge in [-0.05, 0) is 0 Å². The molecule has 1 rings (SSSR count). The van der Waals surface area contributed by atoms with Crippen molar-refractivity contribution in [3.63, 3.8) is 0 Å². The molecule has 1 nitrogen and oxygen atoms in total. The van der Waals surface area contributed by atoms with E-state index in [0.717, 1.165) is 5.75 Å². The maximum atomic E-state index is 5.07. The summed E-state index contributed by atoms with van der Waals surface area (Å²) in [7, 11) is 1.68. The van der Waals surface area contributed by atoms with E-state index >= 15 is 0 Å². The molecule has 12 heavy (non-hydrogen) atoms. The number of methoxy groups -OCH3 is 1. The molecule has 3 heteroatoms. The summed E-state index contributed by atoms with van der Waals surface area (Å²) in [6, 6.07) is 8.13. The Morgan fingerprint density at radius 2 is 1.92 bits per heavy atom. The Labute approximate surface area is 87.0 Å². The molecule has 0 atom stereocenters. The van der Waals surface area contributed by atoms with Gasteiger partial charge in [0, 0.05) is 0 Å². The Morgan fingerprint density at radius 1 is 1.33 bits per heavy atom. The fourth-order valence-electron chi connectivity index (χ4n) is 0.845. The molecule has 0 heterocycles. The van der Waals surface area contributed by atoms with Gasteiger partial charge in [0.2, 0.25) is 0 Å². The third-order valence-electron chi connectivity index (χ3n) is 1.51. The second-order valence-electron chi connectivity index (χ2n) is 2.22. The molecule has 0 bridgehead atoms. The third kappa shape index (κ3) is 2.46. The van der Waals surface area contributed by atoms with Gasteiger partial charge in [-0.2, -0.15) is 0 Å². The summed E-state index contributed by atoms with van der Waals surface area (Å²) < 4.78 is 6.42. The molecule has 0 N–H and O–H groups in total. The third-order valence-corrected chi connectivity index (χ3v) is 5.10. The van der Waals surface area contributed by atoms with Crippen molar-refractivity contribution < 1.29 is 4.74 Å². The van der Waals surface area contributed by atoms with Gasteiger partial charge in [0.15, 0.2) is 0 Å². The quantitative estimate of drug-likeness (QED) is 0.758. The van der Waals surface area contributed by atoms with Crippen molar-refractivity contribution in [3.8, 4) is 5.75 Å². The molecule has 0 aliphatic carbocycles. The molecular weight excluding hydrogens is 282 g/mol. The molecule has 0 saturated heterocycles. The second kappa shape index (κ2) is 4.83. The van der Waals surface area contributed by atoms with Crippen LogP contribution in [0.3, 0.4) is 0 Å². The summed E-state index contributed by atoms with van der Waals surface area (Å²) in [6.07, 6.45) is 0.